The Kier molecular flexibility index (Phi) is 3.05. The van der Waals surface area contributed by atoms with E-state index in [0.29, 0.717) is 12.3 Å². The van der Waals surface area contributed by atoms with Crippen LogP contribution in [0.2, 0.25) is 0 Å². The normalized spacial score (nSPS) is 40.6. The summed E-state index contributed by atoms with van der Waals surface area (Å²) >= 11 is 0. The van der Waals surface area contributed by atoms with Gasteiger partial charge in [-0.15, -0.1) is 0 Å². The number of hydrogen-bond acceptors (Lipinski definition) is 2. The molecule has 3 nitrogen and oxygen atoms in total. The maximum absolute atomic E-state index is 12.1. The lowest BCUT2D eigenvalue weighted by Gasteiger charge is -2.54. The zero-order valence-electron chi connectivity index (χ0n) is 11.1. The first-order chi connectivity index (χ1) is 8.67. The van der Waals surface area contributed by atoms with Gasteiger partial charge >= 0.3 is 0 Å². The minimum atomic E-state index is 0.175. The van der Waals surface area contributed by atoms with Crippen LogP contribution in [0.25, 0.3) is 0 Å². The number of nitriles is 1. The van der Waals surface area contributed by atoms with Crippen molar-refractivity contribution in [3.8, 4) is 6.07 Å². The molecule has 0 aromatic carbocycles. The molecule has 0 aromatic rings. The minimum absolute atomic E-state index is 0.175. The number of nitrogens with zero attached hydrogens (tertiary/aromatic N) is 2. The maximum atomic E-state index is 12.1. The minimum Gasteiger partial charge on any atom is -0.332 e. The van der Waals surface area contributed by atoms with Gasteiger partial charge in [0, 0.05) is 13.5 Å². The van der Waals surface area contributed by atoms with Crippen molar-refractivity contribution in [3.63, 3.8) is 0 Å². The first kappa shape index (κ1) is 12.0. The fourth-order valence-corrected chi connectivity index (χ4v) is 4.92. The molecule has 0 radical (unpaired) electrons. The Morgan fingerprint density at radius 2 is 1.72 bits per heavy atom. The third-order valence-electron chi connectivity index (χ3n) is 5.57. The van der Waals surface area contributed by atoms with Gasteiger partial charge in [-0.05, 0) is 61.7 Å². The van der Waals surface area contributed by atoms with Crippen LogP contribution in [0.1, 0.15) is 38.5 Å². The summed E-state index contributed by atoms with van der Waals surface area (Å²) in [5.74, 6) is 4.34. The second-order valence-corrected chi connectivity index (χ2v) is 6.71. The summed E-state index contributed by atoms with van der Waals surface area (Å²) in [4.78, 5) is 13.7. The molecule has 1 amide bonds. The SMILES string of the molecule is CN(CC#N)C(=O)CC1C2CC3CC(C2)CC1C3. The third kappa shape index (κ3) is 2.02. The third-order valence-corrected chi connectivity index (χ3v) is 5.57. The summed E-state index contributed by atoms with van der Waals surface area (Å²) in [7, 11) is 1.75. The first-order valence-electron chi connectivity index (χ1n) is 7.28. The number of carbonyl (C=O) groups is 1. The Hall–Kier alpha value is -1.04. The molecule has 0 aliphatic heterocycles. The molecule has 18 heavy (non-hydrogen) atoms. The Labute approximate surface area is 109 Å². The van der Waals surface area contributed by atoms with Gasteiger partial charge < -0.3 is 4.90 Å². The molecule has 0 unspecified atom stereocenters. The second kappa shape index (κ2) is 4.57. The van der Waals surface area contributed by atoms with Crippen molar-refractivity contribution in [3.05, 3.63) is 0 Å². The van der Waals surface area contributed by atoms with E-state index in [1.54, 1.807) is 11.9 Å². The van der Waals surface area contributed by atoms with Gasteiger partial charge in [0.15, 0.2) is 0 Å². The molecule has 0 spiro atoms. The molecule has 4 saturated carbocycles. The fraction of sp³-hybridized carbons (Fsp3) is 0.867. The molecule has 0 heterocycles. The molecule has 3 heteroatoms. The lowest BCUT2D eigenvalue weighted by molar-refractivity contribution is -0.134. The number of carbonyl (C=O) groups excluding carboxylic acids is 1. The summed E-state index contributed by atoms with van der Waals surface area (Å²) in [6.45, 7) is 0.228. The molecular weight excluding hydrogens is 224 g/mol. The van der Waals surface area contributed by atoms with E-state index in [1.165, 1.54) is 32.1 Å². The lowest BCUT2D eigenvalue weighted by atomic mass is 9.51. The maximum Gasteiger partial charge on any atom is 0.223 e. The Balaban J connectivity index is 1.63. The molecule has 4 aliphatic carbocycles. The van der Waals surface area contributed by atoms with E-state index in [0.717, 1.165) is 23.7 Å². The van der Waals surface area contributed by atoms with Gasteiger partial charge in [0.25, 0.3) is 0 Å². The highest BCUT2D eigenvalue weighted by Gasteiger charge is 2.48. The van der Waals surface area contributed by atoms with Gasteiger partial charge in [0.1, 0.15) is 6.54 Å². The van der Waals surface area contributed by atoms with Gasteiger partial charge in [-0.2, -0.15) is 5.26 Å². The predicted molar refractivity (Wildman–Crippen MR) is 68.4 cm³/mol. The van der Waals surface area contributed by atoms with Crippen molar-refractivity contribution < 1.29 is 4.79 Å². The summed E-state index contributed by atoms with van der Waals surface area (Å²) < 4.78 is 0. The standard InChI is InChI=1S/C15H22N2O/c1-17(3-2-16)15(18)9-14-12-5-10-4-11(7-12)8-13(14)6-10/h10-14H,3-9H2,1H3. The van der Waals surface area contributed by atoms with E-state index < -0.39 is 0 Å². The smallest absolute Gasteiger partial charge is 0.223 e. The van der Waals surface area contributed by atoms with E-state index in [1.807, 2.05) is 0 Å². The van der Waals surface area contributed by atoms with Crippen LogP contribution < -0.4 is 0 Å². The second-order valence-electron chi connectivity index (χ2n) is 6.71. The summed E-state index contributed by atoms with van der Waals surface area (Å²) in [5.41, 5.74) is 0. The Bertz CT molecular complexity index is 356. The van der Waals surface area contributed by atoms with Crippen LogP contribution in [0.15, 0.2) is 0 Å². The predicted octanol–water partition coefficient (Wildman–Crippen LogP) is 2.43. The van der Waals surface area contributed by atoms with Gasteiger partial charge in [0.2, 0.25) is 5.91 Å². The zero-order chi connectivity index (χ0) is 12.7. The molecule has 98 valence electrons. The molecule has 4 aliphatic rings. The largest absolute Gasteiger partial charge is 0.332 e. The average molecular weight is 246 g/mol. The summed E-state index contributed by atoms with van der Waals surface area (Å²) in [6, 6.07) is 2.06. The summed E-state index contributed by atoms with van der Waals surface area (Å²) in [6.07, 6.45) is 7.62. The van der Waals surface area contributed by atoms with Gasteiger partial charge in [-0.3, -0.25) is 4.79 Å². The van der Waals surface area contributed by atoms with Crippen molar-refractivity contribution in [2.75, 3.05) is 13.6 Å². The van der Waals surface area contributed by atoms with Crippen LogP contribution >= 0.6 is 0 Å². The van der Waals surface area contributed by atoms with Crippen LogP contribution in [-0.2, 0) is 4.79 Å². The molecule has 4 rings (SSSR count). The van der Waals surface area contributed by atoms with Gasteiger partial charge in [0.05, 0.1) is 6.07 Å². The topological polar surface area (TPSA) is 44.1 Å². The van der Waals surface area contributed by atoms with E-state index in [9.17, 15) is 4.79 Å². The molecule has 4 fully saturated rings. The van der Waals surface area contributed by atoms with E-state index >= 15 is 0 Å². The molecule has 4 bridgehead atoms. The van der Waals surface area contributed by atoms with Gasteiger partial charge in [-0.25, -0.2) is 0 Å². The zero-order valence-corrected chi connectivity index (χ0v) is 11.1. The van der Waals surface area contributed by atoms with Crippen LogP contribution in [-0.4, -0.2) is 24.4 Å². The van der Waals surface area contributed by atoms with Crippen molar-refractivity contribution in [2.24, 2.45) is 29.6 Å². The molecule has 0 aromatic heterocycles. The van der Waals surface area contributed by atoms with Crippen molar-refractivity contribution in [1.29, 1.82) is 5.26 Å². The molecular formula is C15H22N2O. The van der Waals surface area contributed by atoms with Crippen molar-refractivity contribution in [1.82, 2.24) is 4.90 Å². The number of amides is 1. The number of rotatable bonds is 3. The van der Waals surface area contributed by atoms with Crippen molar-refractivity contribution in [2.45, 2.75) is 38.5 Å². The van der Waals surface area contributed by atoms with Crippen LogP contribution in [0, 0.1) is 40.9 Å². The first-order valence-corrected chi connectivity index (χ1v) is 7.28. The fourth-order valence-electron chi connectivity index (χ4n) is 4.92. The molecule has 0 N–H and O–H groups in total. The monoisotopic (exact) mass is 246 g/mol. The highest BCUT2D eigenvalue weighted by molar-refractivity contribution is 5.76. The number of hydrogen-bond donors (Lipinski definition) is 0. The van der Waals surface area contributed by atoms with E-state index in [2.05, 4.69) is 6.07 Å². The summed E-state index contributed by atoms with van der Waals surface area (Å²) in [5, 5.41) is 8.65. The highest BCUT2D eigenvalue weighted by Crippen LogP contribution is 2.57. The Morgan fingerprint density at radius 3 is 2.22 bits per heavy atom. The van der Waals surface area contributed by atoms with Crippen molar-refractivity contribution >= 4 is 5.91 Å². The van der Waals surface area contributed by atoms with Crippen LogP contribution in [0.4, 0.5) is 0 Å². The van der Waals surface area contributed by atoms with Crippen LogP contribution in [0.5, 0.6) is 0 Å². The van der Waals surface area contributed by atoms with Crippen LogP contribution in [0.3, 0.4) is 0 Å². The highest BCUT2D eigenvalue weighted by atomic mass is 16.2. The lowest BCUT2D eigenvalue weighted by Crippen LogP contribution is -2.46. The van der Waals surface area contributed by atoms with E-state index in [-0.39, 0.29) is 12.5 Å². The average Bonchev–Trinajstić information content (AvgIpc) is 2.33. The quantitative estimate of drug-likeness (QED) is 0.718. The van der Waals surface area contributed by atoms with E-state index in [4.69, 9.17) is 5.26 Å². The molecule has 0 atom stereocenters. The molecule has 0 saturated heterocycles. The van der Waals surface area contributed by atoms with Gasteiger partial charge in [-0.1, -0.05) is 0 Å². The Morgan fingerprint density at radius 1 is 1.17 bits per heavy atom.